The Kier molecular flexibility index (Phi) is 5.20. The van der Waals surface area contributed by atoms with Crippen molar-refractivity contribution in [3.8, 4) is 5.75 Å². The molecular formula is C20H30N4O2. The van der Waals surface area contributed by atoms with Gasteiger partial charge in [0.2, 0.25) is 0 Å². The molecule has 0 aromatic heterocycles. The molecule has 1 aromatic rings. The highest BCUT2D eigenvalue weighted by molar-refractivity contribution is 5.75. The monoisotopic (exact) mass is 358 g/mol. The Morgan fingerprint density at radius 2 is 1.88 bits per heavy atom. The van der Waals surface area contributed by atoms with Gasteiger partial charge in [-0.2, -0.15) is 0 Å². The topological polar surface area (TPSA) is 48.1 Å². The Balaban J connectivity index is 1.29. The summed E-state index contributed by atoms with van der Waals surface area (Å²) in [6.45, 7) is 5.97. The maximum atomic E-state index is 12.7. The van der Waals surface area contributed by atoms with Crippen LogP contribution in [0.15, 0.2) is 24.3 Å². The fraction of sp³-hybridized carbons (Fsp3) is 0.650. The number of anilines is 1. The number of hydrogen-bond acceptors (Lipinski definition) is 4. The lowest BCUT2D eigenvalue weighted by Gasteiger charge is -2.25. The molecule has 6 nitrogen and oxygen atoms in total. The molecule has 3 aliphatic heterocycles. The van der Waals surface area contributed by atoms with Crippen LogP contribution < -0.4 is 15.0 Å². The Hall–Kier alpha value is -1.95. The van der Waals surface area contributed by atoms with E-state index in [2.05, 4.69) is 21.2 Å². The highest BCUT2D eigenvalue weighted by Crippen LogP contribution is 2.30. The Morgan fingerprint density at radius 3 is 2.69 bits per heavy atom. The molecule has 0 spiro atoms. The molecule has 2 amide bonds. The minimum Gasteiger partial charge on any atom is -0.495 e. The average Bonchev–Trinajstić information content (AvgIpc) is 3.41. The van der Waals surface area contributed by atoms with Crippen molar-refractivity contribution in [3.63, 3.8) is 0 Å². The van der Waals surface area contributed by atoms with Crippen LogP contribution in [0.4, 0.5) is 10.5 Å². The highest BCUT2D eigenvalue weighted by Gasteiger charge is 2.33. The van der Waals surface area contributed by atoms with Crippen LogP contribution in [0.2, 0.25) is 0 Å². The minimum atomic E-state index is 0.110. The van der Waals surface area contributed by atoms with E-state index in [-0.39, 0.29) is 12.1 Å². The van der Waals surface area contributed by atoms with E-state index in [1.807, 2.05) is 23.1 Å². The van der Waals surface area contributed by atoms with Gasteiger partial charge in [-0.25, -0.2) is 4.79 Å². The van der Waals surface area contributed by atoms with Crippen LogP contribution >= 0.6 is 0 Å². The zero-order valence-corrected chi connectivity index (χ0v) is 15.7. The molecule has 4 rings (SSSR count). The van der Waals surface area contributed by atoms with Gasteiger partial charge in [0.15, 0.2) is 0 Å². The number of carbonyl (C=O) groups is 1. The van der Waals surface area contributed by atoms with E-state index in [1.165, 1.54) is 25.9 Å². The van der Waals surface area contributed by atoms with Crippen LogP contribution in [0.3, 0.4) is 0 Å². The second-order valence-corrected chi connectivity index (χ2v) is 7.68. The van der Waals surface area contributed by atoms with Crippen LogP contribution in [-0.4, -0.2) is 74.3 Å². The number of likely N-dealkylation sites (tertiary alicyclic amines) is 2. The number of methoxy groups -OCH3 is 1. The summed E-state index contributed by atoms with van der Waals surface area (Å²) < 4.78 is 5.47. The van der Waals surface area contributed by atoms with Gasteiger partial charge in [-0.3, -0.25) is 4.90 Å². The first-order valence-electron chi connectivity index (χ1n) is 9.92. The van der Waals surface area contributed by atoms with Crippen molar-refractivity contribution in [1.29, 1.82) is 0 Å². The van der Waals surface area contributed by atoms with E-state index >= 15 is 0 Å². The summed E-state index contributed by atoms with van der Waals surface area (Å²) >= 11 is 0. The zero-order chi connectivity index (χ0) is 17.9. The molecule has 3 fully saturated rings. The van der Waals surface area contributed by atoms with Gasteiger partial charge < -0.3 is 19.9 Å². The first-order chi connectivity index (χ1) is 12.7. The van der Waals surface area contributed by atoms with Crippen LogP contribution in [0.1, 0.15) is 25.7 Å². The third-order valence-electron chi connectivity index (χ3n) is 6.05. The summed E-state index contributed by atoms with van der Waals surface area (Å²) in [6.07, 6.45) is 4.71. The second kappa shape index (κ2) is 7.74. The van der Waals surface area contributed by atoms with E-state index in [0.717, 1.165) is 50.5 Å². The number of benzene rings is 1. The van der Waals surface area contributed by atoms with Gasteiger partial charge in [0.1, 0.15) is 5.75 Å². The largest absolute Gasteiger partial charge is 0.495 e. The summed E-state index contributed by atoms with van der Waals surface area (Å²) in [5.41, 5.74) is 1.11. The van der Waals surface area contributed by atoms with E-state index in [4.69, 9.17) is 4.74 Å². The second-order valence-electron chi connectivity index (χ2n) is 7.68. The number of hydrogen-bond donors (Lipinski definition) is 1. The average molecular weight is 358 g/mol. The molecule has 3 saturated heterocycles. The van der Waals surface area contributed by atoms with Crippen molar-refractivity contribution in [3.05, 3.63) is 24.3 Å². The van der Waals surface area contributed by atoms with Crippen molar-refractivity contribution in [2.45, 2.75) is 37.8 Å². The smallest absolute Gasteiger partial charge is 0.317 e. The number of nitrogens with zero attached hydrogens (tertiary/aromatic N) is 3. The minimum absolute atomic E-state index is 0.110. The van der Waals surface area contributed by atoms with Crippen molar-refractivity contribution < 1.29 is 9.53 Å². The molecule has 0 bridgehead atoms. The van der Waals surface area contributed by atoms with E-state index in [9.17, 15) is 4.79 Å². The third-order valence-corrected chi connectivity index (χ3v) is 6.05. The molecule has 0 saturated carbocycles. The van der Waals surface area contributed by atoms with Gasteiger partial charge in [0, 0.05) is 38.3 Å². The maximum absolute atomic E-state index is 12.7. The number of carbonyl (C=O) groups excluding carboxylic acids is 1. The molecule has 3 aliphatic rings. The van der Waals surface area contributed by atoms with Crippen molar-refractivity contribution in [2.75, 3.05) is 51.3 Å². The van der Waals surface area contributed by atoms with Crippen molar-refractivity contribution in [1.82, 2.24) is 15.1 Å². The maximum Gasteiger partial charge on any atom is 0.317 e. The lowest BCUT2D eigenvalue weighted by Crippen LogP contribution is -2.46. The molecule has 142 valence electrons. The quantitative estimate of drug-likeness (QED) is 0.896. The summed E-state index contributed by atoms with van der Waals surface area (Å²) in [6, 6.07) is 8.98. The molecule has 26 heavy (non-hydrogen) atoms. The van der Waals surface area contributed by atoms with Crippen LogP contribution in [0, 0.1) is 0 Å². The van der Waals surface area contributed by atoms with Gasteiger partial charge in [0.05, 0.1) is 12.8 Å². The predicted octanol–water partition coefficient (Wildman–Crippen LogP) is 2.15. The standard InChI is InChI=1S/C20H30N4O2/c1-26-19-7-3-2-6-18(19)23-12-8-16(14-23)21-20(25)24-13-9-17(15-24)22-10-4-5-11-22/h2-3,6-7,16-17H,4-5,8-15H2,1H3,(H,21,25). The van der Waals surface area contributed by atoms with E-state index in [1.54, 1.807) is 7.11 Å². The summed E-state index contributed by atoms with van der Waals surface area (Å²) in [5, 5.41) is 3.26. The molecule has 6 heteroatoms. The Bertz CT molecular complexity index is 632. The highest BCUT2D eigenvalue weighted by atomic mass is 16.5. The lowest BCUT2D eigenvalue weighted by atomic mass is 10.2. The Morgan fingerprint density at radius 1 is 1.08 bits per heavy atom. The van der Waals surface area contributed by atoms with Crippen LogP contribution in [0.25, 0.3) is 0 Å². The molecule has 2 unspecified atom stereocenters. The normalized spacial score (nSPS) is 26.5. The third kappa shape index (κ3) is 3.61. The first kappa shape index (κ1) is 17.5. The van der Waals surface area contributed by atoms with Gasteiger partial charge in [-0.05, 0) is 50.9 Å². The molecule has 0 radical (unpaired) electrons. The van der Waals surface area contributed by atoms with Gasteiger partial charge in [0.25, 0.3) is 0 Å². The molecule has 1 N–H and O–H groups in total. The summed E-state index contributed by atoms with van der Waals surface area (Å²) in [4.78, 5) is 19.6. The first-order valence-corrected chi connectivity index (χ1v) is 9.92. The Labute approximate surface area is 156 Å². The number of amides is 2. The molecule has 2 atom stereocenters. The van der Waals surface area contributed by atoms with Crippen LogP contribution in [0.5, 0.6) is 5.75 Å². The van der Waals surface area contributed by atoms with Crippen LogP contribution in [-0.2, 0) is 0 Å². The summed E-state index contributed by atoms with van der Waals surface area (Å²) in [7, 11) is 1.71. The predicted molar refractivity (Wildman–Crippen MR) is 103 cm³/mol. The number of urea groups is 1. The van der Waals surface area contributed by atoms with E-state index < -0.39 is 0 Å². The number of ether oxygens (including phenoxy) is 1. The molecule has 0 aliphatic carbocycles. The zero-order valence-electron chi connectivity index (χ0n) is 15.7. The fourth-order valence-electron chi connectivity index (χ4n) is 4.58. The van der Waals surface area contributed by atoms with Crippen molar-refractivity contribution in [2.24, 2.45) is 0 Å². The fourth-order valence-corrected chi connectivity index (χ4v) is 4.58. The molecule has 3 heterocycles. The van der Waals surface area contributed by atoms with E-state index in [0.29, 0.717) is 6.04 Å². The molecule has 1 aromatic carbocycles. The number of nitrogens with one attached hydrogen (secondary N) is 1. The SMILES string of the molecule is COc1ccccc1N1CCC(NC(=O)N2CCC(N3CCCC3)C2)C1. The van der Waals surface area contributed by atoms with Gasteiger partial charge >= 0.3 is 6.03 Å². The molecular weight excluding hydrogens is 328 g/mol. The van der Waals surface area contributed by atoms with Crippen molar-refractivity contribution >= 4 is 11.7 Å². The van der Waals surface area contributed by atoms with Gasteiger partial charge in [-0.1, -0.05) is 12.1 Å². The summed E-state index contributed by atoms with van der Waals surface area (Å²) in [5.74, 6) is 0.896. The lowest BCUT2D eigenvalue weighted by molar-refractivity contribution is 0.196. The number of rotatable bonds is 4. The number of para-hydroxylation sites is 2. The van der Waals surface area contributed by atoms with Gasteiger partial charge in [-0.15, -0.1) is 0 Å².